The molecule has 540 valence electrons. The molecule has 37 heteroatoms. The first-order valence-electron chi connectivity index (χ1n) is 33.3. The number of ether oxygens (including phenoxy) is 3. The average molecular weight is 1510 g/mol. The summed E-state index contributed by atoms with van der Waals surface area (Å²) in [5.74, 6) is 0.130. The highest BCUT2D eigenvalue weighted by molar-refractivity contribution is 8.01. The van der Waals surface area contributed by atoms with E-state index >= 15 is 0 Å². The summed E-state index contributed by atoms with van der Waals surface area (Å²) in [6.45, 7) is 36.0. The molecule has 6 heterocycles. The summed E-state index contributed by atoms with van der Waals surface area (Å²) < 4.78 is 44.6. The summed E-state index contributed by atoms with van der Waals surface area (Å²) >= 11 is 4.77. The first-order chi connectivity index (χ1) is 46.1. The highest BCUT2D eigenvalue weighted by Gasteiger charge is 2.37. The fourth-order valence-corrected chi connectivity index (χ4v) is 42.1. The summed E-state index contributed by atoms with van der Waals surface area (Å²) in [4.78, 5) is 70.4. The first kappa shape index (κ1) is 81.9. The van der Waals surface area contributed by atoms with Gasteiger partial charge in [-0.1, -0.05) is 57.3 Å². The van der Waals surface area contributed by atoms with Gasteiger partial charge in [0.1, 0.15) is 34.3 Å². The Kier molecular flexibility index (Phi) is 32.5. The van der Waals surface area contributed by atoms with Gasteiger partial charge in [0, 0.05) is 97.2 Å². The maximum atomic E-state index is 13.2. The van der Waals surface area contributed by atoms with Crippen molar-refractivity contribution in [2.45, 2.75) is 218 Å². The Morgan fingerprint density at radius 2 is 0.796 bits per heavy atom. The van der Waals surface area contributed by atoms with Gasteiger partial charge in [-0.2, -0.15) is 0 Å². The molecular weight excluding hydrogens is 1410 g/mol. The number of hydrogen-bond acceptors (Lipinski definition) is 26. The average Bonchev–Trinajstić information content (AvgIpc) is 1.93. The van der Waals surface area contributed by atoms with Crippen molar-refractivity contribution in [2.75, 3.05) is 49.0 Å². The van der Waals surface area contributed by atoms with E-state index in [0.29, 0.717) is 70.8 Å². The topological polar surface area (TPSA) is 330 Å². The second-order valence-electron chi connectivity index (χ2n) is 28.9. The number of nitrogens with zero attached hydrogens (tertiary/aromatic N) is 16. The number of nitrogens with one attached hydrogen (secondary N) is 2. The molecular formula is C61H104N18O10S3Si6. The molecule has 6 aromatic rings. The third-order valence-electron chi connectivity index (χ3n) is 14.8. The Balaban J connectivity index is 1.04. The normalized spacial score (nSPS) is 12.7. The van der Waals surface area contributed by atoms with Gasteiger partial charge in [-0.05, 0) is 130 Å². The summed E-state index contributed by atoms with van der Waals surface area (Å²) in [5, 5.41) is 45.2. The molecule has 0 aliphatic carbocycles. The van der Waals surface area contributed by atoms with Crippen LogP contribution in [-0.4, -0.2) is 202 Å². The quantitative estimate of drug-likeness (QED) is 0.0155. The van der Waals surface area contributed by atoms with E-state index in [1.165, 1.54) is 20.8 Å². The highest BCUT2D eigenvalue weighted by Crippen LogP contribution is 2.30. The molecule has 98 heavy (non-hydrogen) atoms. The number of hydrogen-bond donors (Lipinski definition) is 2. The van der Waals surface area contributed by atoms with E-state index in [0.717, 1.165) is 71.1 Å². The van der Waals surface area contributed by atoms with E-state index in [2.05, 4.69) is 155 Å². The standard InChI is InChI=1S/C61H104N18O10S3Si6/c1-48(80)21-17-18-24-93(5,6)87-98(15,16)47-92-60-68-32-54(69-73-60)35-79-38-57(72-76-79)41-86-44-61(27-49(2)81,42-84-39-55-36-77(74-70-55)33-52-28-64-58(65-29-52)90-45-96(11,12)88-94(7,8)25-19-22-62-50(3)82)43-85-40-56-37-78(75-71-56)34-53-30-66-59(67-31-53)91-46-97(13,14)89-95(9,10)26-20-23-63-51(4)83/h28-32,36-38H,17-27,33-35,39-47H2,1-16H3,(H,62,82)(H,63,83). The van der Waals surface area contributed by atoms with E-state index in [-0.39, 0.29) is 76.0 Å². The molecule has 0 aliphatic rings. The van der Waals surface area contributed by atoms with Crippen molar-refractivity contribution in [3.05, 3.63) is 83.5 Å². The number of thioether (sulfide) groups is 3. The van der Waals surface area contributed by atoms with Gasteiger partial charge < -0.3 is 46.8 Å². The molecule has 0 saturated heterocycles. The number of amides is 2. The summed E-state index contributed by atoms with van der Waals surface area (Å²) in [5.41, 5.74) is 3.10. The van der Waals surface area contributed by atoms with Crippen molar-refractivity contribution in [1.29, 1.82) is 0 Å². The SMILES string of the molecule is CC(=O)CCCC[Si](C)(C)O[Si](C)(C)CSc1ncc(Cn2cc(COCC(COCc3cn(Cc4cnc(SC[Si](C)(C)O[Si](C)(C)CCCNC(C)=O)nc4)nn3)(COCc3cn(Cc4cnc(SC[Si](C)(C)O[Si](C)(C)CCCNC(C)=O)nc4)nn3)CC(C)=O)nn2)nn1. The molecule has 0 atom stereocenters. The number of Topliss-reactive ketones (excluding diaryl/α,β-unsaturated/α-hetero) is 2. The lowest BCUT2D eigenvalue weighted by Crippen LogP contribution is -2.46. The second kappa shape index (κ2) is 38.9. The van der Waals surface area contributed by atoms with Crippen LogP contribution in [0, 0.1) is 5.41 Å². The number of ketones is 2. The number of carbonyl (C=O) groups excluding carboxylic acids is 4. The Labute approximate surface area is 596 Å². The molecule has 6 aromatic heterocycles. The van der Waals surface area contributed by atoms with Gasteiger partial charge in [-0.15, -0.1) is 25.5 Å². The Hall–Kier alpha value is -5.02. The fourth-order valence-electron chi connectivity index (χ4n) is 11.0. The monoisotopic (exact) mass is 1510 g/mol. The Morgan fingerprint density at radius 1 is 0.429 bits per heavy atom. The number of unbranched alkanes of at least 4 members (excludes halogenated alkanes) is 1. The van der Waals surface area contributed by atoms with E-state index in [1.807, 2.05) is 12.4 Å². The zero-order valence-corrected chi connectivity index (χ0v) is 68.8. The molecule has 0 aliphatic heterocycles. The molecule has 0 radical (unpaired) electrons. The first-order valence-corrected chi connectivity index (χ1v) is 54.9. The van der Waals surface area contributed by atoms with Crippen LogP contribution >= 0.6 is 35.3 Å². The molecule has 0 saturated carbocycles. The summed E-state index contributed by atoms with van der Waals surface area (Å²) in [7, 11) is -11.9. The van der Waals surface area contributed by atoms with Crippen LogP contribution in [0.15, 0.2) is 65.0 Å². The van der Waals surface area contributed by atoms with Crippen molar-refractivity contribution < 1.29 is 45.7 Å². The highest BCUT2D eigenvalue weighted by atomic mass is 32.2. The zero-order chi connectivity index (χ0) is 71.6. The van der Waals surface area contributed by atoms with Crippen molar-refractivity contribution in [3.8, 4) is 0 Å². The van der Waals surface area contributed by atoms with Crippen molar-refractivity contribution in [2.24, 2.45) is 5.41 Å². The van der Waals surface area contributed by atoms with Gasteiger partial charge in [0.05, 0.1) is 84.1 Å². The van der Waals surface area contributed by atoms with Crippen LogP contribution in [0.3, 0.4) is 0 Å². The van der Waals surface area contributed by atoms with Gasteiger partial charge >= 0.3 is 0 Å². The predicted molar refractivity (Wildman–Crippen MR) is 394 cm³/mol. The second-order valence-corrected chi connectivity index (χ2v) is 59.4. The van der Waals surface area contributed by atoms with Gasteiger partial charge in [0.25, 0.3) is 0 Å². The predicted octanol–water partition coefficient (Wildman–Crippen LogP) is 9.27. The molecule has 28 nitrogen and oxygen atoms in total. The minimum atomic E-state index is -2.04. The van der Waals surface area contributed by atoms with Gasteiger partial charge in [0.2, 0.25) is 17.0 Å². The van der Waals surface area contributed by atoms with E-state index in [4.69, 9.17) is 26.6 Å². The van der Waals surface area contributed by atoms with E-state index in [9.17, 15) is 19.2 Å². The summed E-state index contributed by atoms with van der Waals surface area (Å²) in [6.07, 6.45) is 18.7. The number of aromatic nitrogens is 16. The van der Waals surface area contributed by atoms with Crippen molar-refractivity contribution >= 4 is 109 Å². The molecule has 0 bridgehead atoms. The maximum absolute atomic E-state index is 13.2. The van der Waals surface area contributed by atoms with Crippen molar-refractivity contribution in [3.63, 3.8) is 0 Å². The third kappa shape index (κ3) is 32.7. The van der Waals surface area contributed by atoms with Gasteiger partial charge in [-0.3, -0.25) is 9.59 Å². The Morgan fingerprint density at radius 3 is 1.15 bits per heavy atom. The fraction of sp³-hybridized carbons (Fsp3) is 0.656. The Bertz CT molecular complexity index is 3110. The van der Waals surface area contributed by atoms with Crippen LogP contribution in [-0.2, 0) is 85.2 Å². The lowest BCUT2D eigenvalue weighted by atomic mass is 9.85. The van der Waals surface area contributed by atoms with Crippen LogP contribution in [0.4, 0.5) is 0 Å². The minimum Gasteiger partial charge on any atom is -0.455 e. The van der Waals surface area contributed by atoms with Crippen LogP contribution in [0.1, 0.15) is 100 Å². The summed E-state index contributed by atoms with van der Waals surface area (Å²) in [6, 6.07) is 2.97. The molecule has 2 N–H and O–H groups in total. The third-order valence-corrected chi connectivity index (χ3v) is 44.2. The number of carbonyl (C=O) groups is 4. The van der Waals surface area contributed by atoms with Crippen LogP contribution < -0.4 is 10.6 Å². The minimum absolute atomic E-state index is 0.0125. The lowest BCUT2D eigenvalue weighted by Gasteiger charge is -2.33. The van der Waals surface area contributed by atoms with Crippen LogP contribution in [0.2, 0.25) is 96.7 Å². The van der Waals surface area contributed by atoms with E-state index < -0.39 is 55.3 Å². The zero-order valence-electron chi connectivity index (χ0n) is 60.3. The smallest absolute Gasteiger partial charge is 0.216 e. The largest absolute Gasteiger partial charge is 0.455 e. The lowest BCUT2D eigenvalue weighted by molar-refractivity contribution is -0.128. The molecule has 2 amide bonds. The molecule has 0 aromatic carbocycles. The number of rotatable bonds is 48. The molecule has 6 rings (SSSR count). The van der Waals surface area contributed by atoms with Crippen molar-refractivity contribution in [1.82, 2.24) is 90.7 Å². The van der Waals surface area contributed by atoms with Crippen LogP contribution in [0.5, 0.6) is 0 Å². The molecule has 0 spiro atoms. The molecule has 0 unspecified atom stereocenters. The van der Waals surface area contributed by atoms with Gasteiger partial charge in [0.15, 0.2) is 60.2 Å². The molecule has 0 fully saturated rings. The van der Waals surface area contributed by atoms with Gasteiger partial charge in [-0.25, -0.2) is 39.0 Å². The maximum Gasteiger partial charge on any atom is 0.216 e. The van der Waals surface area contributed by atoms with Crippen LogP contribution in [0.25, 0.3) is 0 Å². The van der Waals surface area contributed by atoms with E-state index in [1.54, 1.807) is 93.4 Å².